The number of sulfone groups is 1. The summed E-state index contributed by atoms with van der Waals surface area (Å²) in [5.74, 6) is 0.557. The van der Waals surface area contributed by atoms with Crippen LogP contribution in [-0.4, -0.2) is 43.7 Å². The number of hydrogen-bond acceptors (Lipinski definition) is 3. The predicted octanol–water partition coefficient (Wildman–Crippen LogP) is 2.35. The molecule has 3 rings (SSSR count). The summed E-state index contributed by atoms with van der Waals surface area (Å²) in [5, 5.41) is 2.85. The Balaban J connectivity index is 1.59. The van der Waals surface area contributed by atoms with Gasteiger partial charge in [-0.15, -0.1) is 0 Å². The van der Waals surface area contributed by atoms with Crippen molar-refractivity contribution in [1.82, 2.24) is 10.2 Å². The molecule has 0 aromatic heterocycles. The fraction of sp³-hybridized carbons (Fsp3) is 0.588. The molecule has 2 amide bonds. The molecule has 3 atom stereocenters. The highest BCUT2D eigenvalue weighted by Crippen LogP contribution is 2.37. The SMILES string of the molecule is Cc1ccc(S(=O)(=O)C[C@H](C)NC(=O)N2C[C@H]3CC[C@H]2C3)cc1. The number of hydrogen-bond donors (Lipinski definition) is 1. The Bertz CT molecular complexity index is 684. The molecule has 1 aliphatic heterocycles. The third kappa shape index (κ3) is 3.52. The van der Waals surface area contributed by atoms with E-state index in [0.29, 0.717) is 16.9 Å². The maximum Gasteiger partial charge on any atom is 0.317 e. The lowest BCUT2D eigenvalue weighted by Crippen LogP contribution is -2.48. The summed E-state index contributed by atoms with van der Waals surface area (Å²) in [7, 11) is -3.39. The van der Waals surface area contributed by atoms with E-state index >= 15 is 0 Å². The second kappa shape index (κ2) is 6.15. The zero-order valence-electron chi connectivity index (χ0n) is 13.7. The molecule has 1 saturated heterocycles. The minimum atomic E-state index is -3.39. The Morgan fingerprint density at radius 2 is 2.00 bits per heavy atom. The monoisotopic (exact) mass is 336 g/mol. The molecule has 126 valence electrons. The molecule has 1 aromatic carbocycles. The first-order valence-corrected chi connectivity index (χ1v) is 9.87. The molecule has 23 heavy (non-hydrogen) atoms. The van der Waals surface area contributed by atoms with Crippen molar-refractivity contribution in [3.05, 3.63) is 29.8 Å². The number of rotatable bonds is 4. The molecular formula is C17H24N2O3S. The van der Waals surface area contributed by atoms with Crippen molar-refractivity contribution in [2.45, 2.75) is 50.1 Å². The van der Waals surface area contributed by atoms with Crippen molar-refractivity contribution in [3.8, 4) is 0 Å². The van der Waals surface area contributed by atoms with Gasteiger partial charge in [0.15, 0.2) is 9.84 Å². The molecule has 5 nitrogen and oxygen atoms in total. The standard InChI is InChI=1S/C17H24N2O3S/c1-12-3-7-16(8-4-12)23(21,22)11-13(2)18-17(20)19-10-14-5-6-15(19)9-14/h3-4,7-8,13-15H,5-6,9-11H2,1-2H3,(H,18,20)/t13-,14-,15-/m0/s1. The summed E-state index contributed by atoms with van der Waals surface area (Å²) in [6.07, 6.45) is 3.39. The number of likely N-dealkylation sites (tertiary alicyclic amines) is 1. The van der Waals surface area contributed by atoms with E-state index in [4.69, 9.17) is 0 Å². The van der Waals surface area contributed by atoms with Gasteiger partial charge in [0.25, 0.3) is 0 Å². The molecule has 2 bridgehead atoms. The topological polar surface area (TPSA) is 66.5 Å². The highest BCUT2D eigenvalue weighted by atomic mass is 32.2. The van der Waals surface area contributed by atoms with Crippen LogP contribution in [0.1, 0.15) is 31.7 Å². The van der Waals surface area contributed by atoms with Crippen molar-refractivity contribution < 1.29 is 13.2 Å². The summed E-state index contributed by atoms with van der Waals surface area (Å²) in [5.41, 5.74) is 1.02. The third-order valence-corrected chi connectivity index (χ3v) is 6.82. The first-order chi connectivity index (χ1) is 10.8. The lowest BCUT2D eigenvalue weighted by atomic mass is 10.1. The molecule has 1 aromatic rings. The second-order valence-electron chi connectivity index (χ2n) is 6.93. The van der Waals surface area contributed by atoms with Crippen LogP contribution in [0.5, 0.6) is 0 Å². The zero-order valence-corrected chi connectivity index (χ0v) is 14.5. The summed E-state index contributed by atoms with van der Waals surface area (Å²) in [4.78, 5) is 14.5. The normalized spacial score (nSPS) is 24.7. The van der Waals surface area contributed by atoms with E-state index in [2.05, 4.69) is 5.32 Å². The molecule has 0 spiro atoms. The first kappa shape index (κ1) is 16.3. The molecule has 1 heterocycles. The van der Waals surface area contributed by atoms with Crippen LogP contribution in [0.2, 0.25) is 0 Å². The van der Waals surface area contributed by atoms with Gasteiger partial charge in [-0.2, -0.15) is 0 Å². The summed E-state index contributed by atoms with van der Waals surface area (Å²) in [6, 6.07) is 6.64. The van der Waals surface area contributed by atoms with Gasteiger partial charge in [0.05, 0.1) is 10.6 Å². The van der Waals surface area contributed by atoms with Crippen LogP contribution >= 0.6 is 0 Å². The van der Waals surface area contributed by atoms with Crippen molar-refractivity contribution in [2.24, 2.45) is 5.92 Å². The number of amides is 2. The molecule has 1 N–H and O–H groups in total. The van der Waals surface area contributed by atoms with E-state index in [1.165, 1.54) is 6.42 Å². The van der Waals surface area contributed by atoms with Crippen LogP contribution < -0.4 is 5.32 Å². The number of nitrogens with one attached hydrogen (secondary N) is 1. The van der Waals surface area contributed by atoms with Crippen LogP contribution in [0.3, 0.4) is 0 Å². The van der Waals surface area contributed by atoms with Gasteiger partial charge >= 0.3 is 6.03 Å². The van der Waals surface area contributed by atoms with Crippen molar-refractivity contribution >= 4 is 15.9 Å². The Morgan fingerprint density at radius 1 is 1.30 bits per heavy atom. The number of benzene rings is 1. The van der Waals surface area contributed by atoms with Crippen molar-refractivity contribution in [1.29, 1.82) is 0 Å². The maximum absolute atomic E-state index is 12.4. The van der Waals surface area contributed by atoms with E-state index in [9.17, 15) is 13.2 Å². The second-order valence-corrected chi connectivity index (χ2v) is 8.96. The van der Waals surface area contributed by atoms with Gasteiger partial charge in [-0.05, 0) is 51.2 Å². The van der Waals surface area contributed by atoms with Gasteiger partial charge in [-0.25, -0.2) is 13.2 Å². The highest BCUT2D eigenvalue weighted by Gasteiger charge is 2.40. The van der Waals surface area contributed by atoms with Crippen LogP contribution in [0.15, 0.2) is 29.2 Å². The summed E-state index contributed by atoms with van der Waals surface area (Å²) in [6.45, 7) is 4.48. The molecule has 0 radical (unpaired) electrons. The van der Waals surface area contributed by atoms with Gasteiger partial charge in [0.1, 0.15) is 0 Å². The largest absolute Gasteiger partial charge is 0.334 e. The van der Waals surface area contributed by atoms with Crippen molar-refractivity contribution in [2.75, 3.05) is 12.3 Å². The minimum absolute atomic E-state index is 0.0796. The molecule has 6 heteroatoms. The zero-order chi connectivity index (χ0) is 16.6. The Morgan fingerprint density at radius 3 is 2.57 bits per heavy atom. The quantitative estimate of drug-likeness (QED) is 0.918. The molecule has 2 aliphatic rings. The van der Waals surface area contributed by atoms with Crippen LogP contribution in [0, 0.1) is 12.8 Å². The van der Waals surface area contributed by atoms with E-state index in [1.54, 1.807) is 31.2 Å². The Kier molecular flexibility index (Phi) is 4.36. The molecule has 1 saturated carbocycles. The number of carbonyl (C=O) groups is 1. The Hall–Kier alpha value is -1.56. The maximum atomic E-state index is 12.4. The first-order valence-electron chi connectivity index (χ1n) is 8.22. The van der Waals surface area contributed by atoms with Crippen LogP contribution in [-0.2, 0) is 9.84 Å². The lowest BCUT2D eigenvalue weighted by molar-refractivity contribution is 0.178. The fourth-order valence-corrected chi connectivity index (χ4v) is 5.16. The molecular weight excluding hydrogens is 312 g/mol. The number of aryl methyl sites for hydroxylation is 1. The predicted molar refractivity (Wildman–Crippen MR) is 89.1 cm³/mol. The summed E-state index contributed by atoms with van der Waals surface area (Å²) < 4.78 is 24.8. The van der Waals surface area contributed by atoms with Gasteiger partial charge in [0.2, 0.25) is 0 Å². The third-order valence-electron chi connectivity index (χ3n) is 4.89. The average Bonchev–Trinajstić information content (AvgIpc) is 3.09. The van der Waals surface area contributed by atoms with E-state index in [1.807, 2.05) is 11.8 Å². The Labute approximate surface area is 138 Å². The number of piperidine rings is 1. The van der Waals surface area contributed by atoms with Gasteiger partial charge in [0, 0.05) is 18.6 Å². The lowest BCUT2D eigenvalue weighted by Gasteiger charge is -2.28. The average molecular weight is 336 g/mol. The number of carbonyl (C=O) groups excluding carboxylic acids is 1. The van der Waals surface area contributed by atoms with Crippen LogP contribution in [0.25, 0.3) is 0 Å². The van der Waals surface area contributed by atoms with E-state index < -0.39 is 15.9 Å². The molecule has 0 unspecified atom stereocenters. The van der Waals surface area contributed by atoms with E-state index in [0.717, 1.165) is 24.9 Å². The van der Waals surface area contributed by atoms with Gasteiger partial charge < -0.3 is 10.2 Å². The summed E-state index contributed by atoms with van der Waals surface area (Å²) >= 11 is 0. The smallest absolute Gasteiger partial charge is 0.317 e. The van der Waals surface area contributed by atoms with Crippen LogP contribution in [0.4, 0.5) is 4.79 Å². The minimum Gasteiger partial charge on any atom is -0.334 e. The molecule has 2 fully saturated rings. The van der Waals surface area contributed by atoms with Crippen molar-refractivity contribution in [3.63, 3.8) is 0 Å². The number of urea groups is 1. The number of fused-ring (bicyclic) bond motifs is 2. The van der Waals surface area contributed by atoms with Gasteiger partial charge in [-0.1, -0.05) is 17.7 Å². The molecule has 1 aliphatic carbocycles. The van der Waals surface area contributed by atoms with E-state index in [-0.39, 0.29) is 11.8 Å². The highest BCUT2D eigenvalue weighted by molar-refractivity contribution is 7.91. The number of nitrogens with zero attached hydrogens (tertiary/aromatic N) is 1. The fourth-order valence-electron chi connectivity index (χ4n) is 3.68. The van der Waals surface area contributed by atoms with Gasteiger partial charge in [-0.3, -0.25) is 0 Å².